The van der Waals surface area contributed by atoms with E-state index in [1.165, 1.54) is 12.1 Å². The van der Waals surface area contributed by atoms with Crippen molar-refractivity contribution in [3.8, 4) is 22.8 Å². The molecule has 1 aliphatic heterocycles. The maximum absolute atomic E-state index is 13.6. The van der Waals surface area contributed by atoms with E-state index in [0.29, 0.717) is 35.0 Å². The van der Waals surface area contributed by atoms with Gasteiger partial charge in [0.25, 0.3) is 5.91 Å². The second-order valence-electron chi connectivity index (χ2n) is 8.32. The summed E-state index contributed by atoms with van der Waals surface area (Å²) in [7, 11) is 0. The molecule has 1 aliphatic rings. The van der Waals surface area contributed by atoms with Gasteiger partial charge < -0.3 is 14.9 Å². The van der Waals surface area contributed by atoms with Crippen LogP contribution in [0, 0.1) is 6.92 Å². The molecule has 1 atom stereocenters. The number of ether oxygens (including phenoxy) is 1. The lowest BCUT2D eigenvalue weighted by molar-refractivity contribution is 0.0696. The van der Waals surface area contributed by atoms with E-state index in [4.69, 9.17) is 4.74 Å². The molecule has 3 aromatic carbocycles. The molecular formula is C27H23N3O5. The number of aromatic hydroxyl groups is 1. The Morgan fingerprint density at radius 2 is 1.80 bits per heavy atom. The normalized spacial score (nSPS) is 14.7. The maximum Gasteiger partial charge on any atom is 0.335 e. The summed E-state index contributed by atoms with van der Waals surface area (Å²) < 4.78 is 5.60. The first-order valence-corrected chi connectivity index (χ1v) is 11.2. The van der Waals surface area contributed by atoms with Gasteiger partial charge in [-0.2, -0.15) is 5.10 Å². The topological polar surface area (TPSA) is 116 Å². The second kappa shape index (κ2) is 8.64. The third kappa shape index (κ3) is 3.78. The van der Waals surface area contributed by atoms with Gasteiger partial charge in [-0.1, -0.05) is 35.9 Å². The number of H-pyrrole nitrogens is 1. The van der Waals surface area contributed by atoms with Crippen LogP contribution in [0.1, 0.15) is 50.5 Å². The molecule has 0 unspecified atom stereocenters. The van der Waals surface area contributed by atoms with Gasteiger partial charge in [0, 0.05) is 16.8 Å². The smallest absolute Gasteiger partial charge is 0.335 e. The number of phenols is 1. The van der Waals surface area contributed by atoms with Gasteiger partial charge >= 0.3 is 5.97 Å². The van der Waals surface area contributed by atoms with Crippen LogP contribution in [0.5, 0.6) is 11.5 Å². The molecule has 0 saturated carbocycles. The zero-order chi connectivity index (χ0) is 24.7. The number of carboxylic acid groups (broad SMARTS) is 1. The van der Waals surface area contributed by atoms with Crippen LogP contribution in [0.3, 0.4) is 0 Å². The molecule has 8 nitrogen and oxygen atoms in total. The summed E-state index contributed by atoms with van der Waals surface area (Å²) >= 11 is 0. The van der Waals surface area contributed by atoms with E-state index in [0.717, 1.165) is 16.7 Å². The number of aromatic amines is 1. The molecule has 3 N–H and O–H groups in total. The van der Waals surface area contributed by atoms with Gasteiger partial charge in [0.15, 0.2) is 11.5 Å². The first-order chi connectivity index (χ1) is 16.9. The Morgan fingerprint density at radius 3 is 2.46 bits per heavy atom. The van der Waals surface area contributed by atoms with E-state index >= 15 is 0 Å². The van der Waals surface area contributed by atoms with Crippen LogP contribution in [-0.2, 0) is 0 Å². The van der Waals surface area contributed by atoms with E-state index < -0.39 is 12.0 Å². The number of carbonyl (C=O) groups excluding carboxylic acids is 1. The fourth-order valence-electron chi connectivity index (χ4n) is 4.40. The highest BCUT2D eigenvalue weighted by Crippen LogP contribution is 2.46. The molecule has 0 bridgehead atoms. The summed E-state index contributed by atoms with van der Waals surface area (Å²) in [4.78, 5) is 26.6. The predicted molar refractivity (Wildman–Crippen MR) is 130 cm³/mol. The Balaban J connectivity index is 1.70. The summed E-state index contributed by atoms with van der Waals surface area (Å²) in [6.45, 7) is 4.19. The van der Waals surface area contributed by atoms with Crippen molar-refractivity contribution in [3.63, 3.8) is 0 Å². The fraction of sp³-hybridized carbons (Fsp3) is 0.148. The maximum atomic E-state index is 13.6. The van der Waals surface area contributed by atoms with Gasteiger partial charge in [-0.3, -0.25) is 14.8 Å². The molecule has 0 radical (unpaired) electrons. The zero-order valence-corrected chi connectivity index (χ0v) is 19.1. The molecular weight excluding hydrogens is 446 g/mol. The third-order valence-electron chi connectivity index (χ3n) is 6.09. The number of hydrogen-bond donors (Lipinski definition) is 3. The Labute approximate surface area is 201 Å². The Hall–Kier alpha value is -4.59. The number of phenolic OH excluding ortho intramolecular Hbond substituents is 1. The van der Waals surface area contributed by atoms with E-state index in [9.17, 15) is 19.8 Å². The lowest BCUT2D eigenvalue weighted by atomic mass is 9.95. The summed E-state index contributed by atoms with van der Waals surface area (Å²) in [5.41, 5.74) is 5.06. The summed E-state index contributed by atoms with van der Waals surface area (Å²) in [5, 5.41) is 26.9. The first kappa shape index (κ1) is 22.2. The van der Waals surface area contributed by atoms with E-state index in [1.807, 2.05) is 38.1 Å². The fourth-order valence-corrected chi connectivity index (χ4v) is 4.40. The minimum atomic E-state index is -1.04. The van der Waals surface area contributed by atoms with Crippen LogP contribution in [-0.4, -0.2) is 38.9 Å². The number of hydrogen-bond acceptors (Lipinski definition) is 5. The van der Waals surface area contributed by atoms with Crippen molar-refractivity contribution in [2.45, 2.75) is 19.9 Å². The molecule has 5 rings (SSSR count). The van der Waals surface area contributed by atoms with Gasteiger partial charge in [-0.15, -0.1) is 0 Å². The summed E-state index contributed by atoms with van der Waals surface area (Å²) in [6, 6.07) is 18.5. The third-order valence-corrected chi connectivity index (χ3v) is 6.09. The van der Waals surface area contributed by atoms with Gasteiger partial charge in [-0.05, 0) is 55.8 Å². The molecule has 0 saturated heterocycles. The van der Waals surface area contributed by atoms with Crippen molar-refractivity contribution in [2.24, 2.45) is 0 Å². The zero-order valence-electron chi connectivity index (χ0n) is 19.1. The number of aromatic carboxylic acids is 1. The Bertz CT molecular complexity index is 1420. The molecule has 4 aromatic rings. The monoisotopic (exact) mass is 469 g/mol. The van der Waals surface area contributed by atoms with Gasteiger partial charge in [-0.25, -0.2) is 4.79 Å². The molecule has 176 valence electrons. The average Bonchev–Trinajstić information content (AvgIpc) is 3.40. The van der Waals surface area contributed by atoms with Crippen molar-refractivity contribution >= 4 is 17.6 Å². The van der Waals surface area contributed by atoms with Crippen molar-refractivity contribution in [2.75, 3.05) is 11.5 Å². The Morgan fingerprint density at radius 1 is 1.09 bits per heavy atom. The van der Waals surface area contributed by atoms with Crippen molar-refractivity contribution in [1.82, 2.24) is 10.2 Å². The number of fused-ring (bicyclic) bond motifs is 1. The highest BCUT2D eigenvalue weighted by molar-refractivity contribution is 6.12. The van der Waals surface area contributed by atoms with Crippen LogP contribution in [0.2, 0.25) is 0 Å². The molecule has 35 heavy (non-hydrogen) atoms. The van der Waals surface area contributed by atoms with Gasteiger partial charge in [0.05, 0.1) is 23.9 Å². The lowest BCUT2D eigenvalue weighted by Gasteiger charge is -2.27. The summed E-state index contributed by atoms with van der Waals surface area (Å²) in [5.74, 6) is -1.02. The number of aryl methyl sites for hydroxylation is 1. The van der Waals surface area contributed by atoms with E-state index in [2.05, 4.69) is 10.2 Å². The van der Waals surface area contributed by atoms with Crippen molar-refractivity contribution in [3.05, 3.63) is 94.7 Å². The predicted octanol–water partition coefficient (Wildman–Crippen LogP) is 4.94. The molecule has 2 heterocycles. The molecule has 8 heteroatoms. The molecule has 1 aromatic heterocycles. The highest BCUT2D eigenvalue weighted by atomic mass is 16.5. The van der Waals surface area contributed by atoms with Gasteiger partial charge in [0.1, 0.15) is 5.69 Å². The largest absolute Gasteiger partial charge is 0.504 e. The minimum absolute atomic E-state index is 0.00320. The van der Waals surface area contributed by atoms with Crippen LogP contribution in [0.15, 0.2) is 66.7 Å². The molecule has 0 spiro atoms. The quantitative estimate of drug-likeness (QED) is 0.368. The van der Waals surface area contributed by atoms with Crippen LogP contribution in [0.25, 0.3) is 11.3 Å². The number of rotatable bonds is 6. The van der Waals surface area contributed by atoms with Crippen molar-refractivity contribution in [1.29, 1.82) is 0 Å². The van der Waals surface area contributed by atoms with Crippen LogP contribution in [0.4, 0.5) is 5.69 Å². The molecule has 0 aliphatic carbocycles. The van der Waals surface area contributed by atoms with E-state index in [1.54, 1.807) is 35.2 Å². The lowest BCUT2D eigenvalue weighted by Crippen LogP contribution is -2.29. The van der Waals surface area contributed by atoms with Crippen LogP contribution < -0.4 is 9.64 Å². The van der Waals surface area contributed by atoms with Crippen LogP contribution >= 0.6 is 0 Å². The Kier molecular flexibility index (Phi) is 5.49. The average molecular weight is 469 g/mol. The van der Waals surface area contributed by atoms with Gasteiger partial charge in [0.2, 0.25) is 0 Å². The number of nitrogens with one attached hydrogen (secondary N) is 1. The molecule has 1 amide bonds. The number of anilines is 1. The number of carbonyl (C=O) groups is 2. The van der Waals surface area contributed by atoms with E-state index in [-0.39, 0.29) is 17.2 Å². The molecule has 0 fully saturated rings. The summed E-state index contributed by atoms with van der Waals surface area (Å²) in [6.07, 6.45) is 0. The second-order valence-corrected chi connectivity index (χ2v) is 8.32. The van der Waals surface area contributed by atoms with Crippen molar-refractivity contribution < 1.29 is 24.5 Å². The number of benzene rings is 3. The minimum Gasteiger partial charge on any atom is -0.504 e. The number of carboxylic acids is 1. The number of nitrogens with zero attached hydrogens (tertiary/aromatic N) is 2. The number of aromatic nitrogens is 2. The number of amides is 1. The SMILES string of the molecule is CCOc1cc([C@H]2c3c(-c4ccc(C)cc4)n[nH]c3C(=O)N2c2ccc(C(=O)O)cc2)ccc1O. The highest BCUT2D eigenvalue weighted by Gasteiger charge is 2.43. The first-order valence-electron chi connectivity index (χ1n) is 11.2. The standard InChI is InChI=1S/C27H23N3O5/c1-3-35-21-14-18(10-13-20(21)31)25-22-23(16-6-4-15(2)5-7-16)28-29-24(22)26(32)30(25)19-11-8-17(9-12-19)27(33)34/h4-14,25,31H,3H2,1-2H3,(H,28,29)(H,33,34)/t25-/m0/s1.